The Bertz CT molecular complexity index is 889. The number of sulfonamides is 1. The van der Waals surface area contributed by atoms with Crippen LogP contribution in [0.1, 0.15) is 18.5 Å². The first-order chi connectivity index (χ1) is 11.7. The zero-order chi connectivity index (χ0) is 18.6. The fourth-order valence-electron chi connectivity index (χ4n) is 2.04. The van der Waals surface area contributed by atoms with Crippen LogP contribution in [-0.4, -0.2) is 20.9 Å². The quantitative estimate of drug-likeness (QED) is 0.796. The second-order valence-corrected chi connectivity index (χ2v) is 7.24. The first kappa shape index (κ1) is 19.2. The van der Waals surface area contributed by atoms with Crippen molar-refractivity contribution >= 4 is 27.5 Å². The standard InChI is InChI=1S/C16H16ClFN2O4S/c1-10(11-3-2-4-13(7-11)25(19,22)23)20-16(21)9-24-12-5-6-15(18)14(17)8-12/h2-8,10H,9H2,1H3,(H,20,21)(H2,19,22,23). The van der Waals surface area contributed by atoms with Gasteiger partial charge >= 0.3 is 0 Å². The lowest BCUT2D eigenvalue weighted by Gasteiger charge is -2.15. The van der Waals surface area contributed by atoms with Crippen molar-refractivity contribution in [1.29, 1.82) is 0 Å². The maximum Gasteiger partial charge on any atom is 0.258 e. The summed E-state index contributed by atoms with van der Waals surface area (Å²) in [4.78, 5) is 11.9. The van der Waals surface area contributed by atoms with Crippen LogP contribution in [0.5, 0.6) is 5.75 Å². The maximum absolute atomic E-state index is 13.1. The van der Waals surface area contributed by atoms with E-state index < -0.39 is 27.8 Å². The number of nitrogens with two attached hydrogens (primary N) is 1. The molecule has 0 aliphatic rings. The van der Waals surface area contributed by atoms with Crippen LogP contribution < -0.4 is 15.2 Å². The molecule has 0 aliphatic heterocycles. The zero-order valence-electron chi connectivity index (χ0n) is 13.2. The molecule has 0 aliphatic carbocycles. The van der Waals surface area contributed by atoms with E-state index in [0.29, 0.717) is 5.56 Å². The van der Waals surface area contributed by atoms with Crippen LogP contribution in [-0.2, 0) is 14.8 Å². The van der Waals surface area contributed by atoms with Crippen LogP contribution in [0, 0.1) is 5.82 Å². The molecule has 2 rings (SSSR count). The summed E-state index contributed by atoms with van der Waals surface area (Å²) >= 11 is 5.63. The minimum absolute atomic E-state index is 0.0386. The molecule has 134 valence electrons. The minimum Gasteiger partial charge on any atom is -0.484 e. The summed E-state index contributed by atoms with van der Waals surface area (Å²) < 4.78 is 41.0. The number of carbonyl (C=O) groups excluding carboxylic acids is 1. The fourth-order valence-corrected chi connectivity index (χ4v) is 2.78. The molecule has 9 heteroatoms. The van der Waals surface area contributed by atoms with Crippen LogP contribution in [0.25, 0.3) is 0 Å². The van der Waals surface area contributed by atoms with Crippen molar-refractivity contribution in [2.75, 3.05) is 6.61 Å². The lowest BCUT2D eigenvalue weighted by Crippen LogP contribution is -2.31. The summed E-state index contributed by atoms with van der Waals surface area (Å²) in [6.45, 7) is 1.39. The molecule has 2 aromatic carbocycles. The van der Waals surface area contributed by atoms with Crippen LogP contribution in [0.2, 0.25) is 5.02 Å². The van der Waals surface area contributed by atoms with Crippen LogP contribution in [0.3, 0.4) is 0 Å². The third kappa shape index (κ3) is 5.42. The van der Waals surface area contributed by atoms with Crippen molar-refractivity contribution in [2.24, 2.45) is 5.14 Å². The van der Waals surface area contributed by atoms with Crippen molar-refractivity contribution in [3.05, 3.63) is 58.9 Å². The Morgan fingerprint density at radius 1 is 1.32 bits per heavy atom. The van der Waals surface area contributed by atoms with E-state index >= 15 is 0 Å². The molecule has 25 heavy (non-hydrogen) atoms. The summed E-state index contributed by atoms with van der Waals surface area (Å²) in [7, 11) is -3.82. The Morgan fingerprint density at radius 2 is 2.04 bits per heavy atom. The molecule has 0 fully saturated rings. The molecule has 0 heterocycles. The van der Waals surface area contributed by atoms with E-state index in [9.17, 15) is 17.6 Å². The average molecular weight is 387 g/mol. The van der Waals surface area contributed by atoms with Crippen molar-refractivity contribution in [2.45, 2.75) is 17.9 Å². The monoisotopic (exact) mass is 386 g/mol. The van der Waals surface area contributed by atoms with Gasteiger partial charge in [-0.2, -0.15) is 0 Å². The lowest BCUT2D eigenvalue weighted by atomic mass is 10.1. The van der Waals surface area contributed by atoms with Gasteiger partial charge in [0.2, 0.25) is 10.0 Å². The summed E-state index contributed by atoms with van der Waals surface area (Å²) in [6, 6.07) is 9.26. The first-order valence-electron chi connectivity index (χ1n) is 7.17. The van der Waals surface area contributed by atoms with Gasteiger partial charge in [0.05, 0.1) is 16.0 Å². The molecule has 1 unspecified atom stereocenters. The van der Waals surface area contributed by atoms with Crippen LogP contribution >= 0.6 is 11.6 Å². The second kappa shape index (κ2) is 7.81. The summed E-state index contributed by atoms with van der Waals surface area (Å²) in [5.41, 5.74) is 0.574. The van der Waals surface area contributed by atoms with E-state index in [1.165, 1.54) is 30.3 Å². The highest BCUT2D eigenvalue weighted by molar-refractivity contribution is 7.89. The summed E-state index contributed by atoms with van der Waals surface area (Å²) in [6.07, 6.45) is 0. The number of benzene rings is 2. The predicted molar refractivity (Wildman–Crippen MR) is 91.3 cm³/mol. The number of rotatable bonds is 6. The van der Waals surface area contributed by atoms with Gasteiger partial charge in [0, 0.05) is 6.07 Å². The molecule has 0 saturated heterocycles. The first-order valence-corrected chi connectivity index (χ1v) is 9.09. The van der Waals surface area contributed by atoms with Crippen LogP contribution in [0.15, 0.2) is 47.4 Å². The van der Waals surface area contributed by atoms with Gasteiger partial charge in [0.1, 0.15) is 11.6 Å². The number of ether oxygens (including phenoxy) is 1. The van der Waals surface area contributed by atoms with Gasteiger partial charge in [-0.25, -0.2) is 17.9 Å². The van der Waals surface area contributed by atoms with Gasteiger partial charge in [0.25, 0.3) is 5.91 Å². The van der Waals surface area contributed by atoms with Gasteiger partial charge in [0.15, 0.2) is 6.61 Å². The molecule has 0 aromatic heterocycles. The Morgan fingerprint density at radius 3 is 2.68 bits per heavy atom. The van der Waals surface area contributed by atoms with Gasteiger partial charge in [-0.15, -0.1) is 0 Å². The van der Waals surface area contributed by atoms with Crippen molar-refractivity contribution in [1.82, 2.24) is 5.32 Å². The lowest BCUT2D eigenvalue weighted by molar-refractivity contribution is -0.123. The molecular formula is C16H16ClFN2O4S. The van der Waals surface area contributed by atoms with E-state index in [1.807, 2.05) is 0 Å². The van der Waals surface area contributed by atoms with Crippen molar-refractivity contribution < 1.29 is 22.3 Å². The highest BCUT2D eigenvalue weighted by Gasteiger charge is 2.14. The van der Waals surface area contributed by atoms with Gasteiger partial charge < -0.3 is 10.1 Å². The molecule has 0 spiro atoms. The Balaban J connectivity index is 1.97. The third-order valence-electron chi connectivity index (χ3n) is 3.33. The molecule has 0 saturated carbocycles. The topological polar surface area (TPSA) is 98.5 Å². The number of carbonyl (C=O) groups is 1. The Hall–Kier alpha value is -2.16. The van der Waals surface area contributed by atoms with E-state index in [-0.39, 0.29) is 22.3 Å². The van der Waals surface area contributed by atoms with Crippen molar-refractivity contribution in [3.8, 4) is 5.75 Å². The van der Waals surface area contributed by atoms with Gasteiger partial charge in [-0.05, 0) is 36.8 Å². The van der Waals surface area contributed by atoms with Crippen molar-refractivity contribution in [3.63, 3.8) is 0 Å². The molecule has 0 bridgehead atoms. The average Bonchev–Trinajstić information content (AvgIpc) is 2.55. The predicted octanol–water partition coefficient (Wildman–Crippen LogP) is 2.38. The van der Waals surface area contributed by atoms with Crippen LogP contribution in [0.4, 0.5) is 4.39 Å². The zero-order valence-corrected chi connectivity index (χ0v) is 14.8. The summed E-state index contributed by atoms with van der Waals surface area (Å²) in [5, 5.41) is 7.65. The van der Waals surface area contributed by atoms with E-state index in [0.717, 1.165) is 6.07 Å². The highest BCUT2D eigenvalue weighted by atomic mass is 35.5. The number of amides is 1. The third-order valence-corrected chi connectivity index (χ3v) is 4.53. The molecule has 0 radical (unpaired) electrons. The summed E-state index contributed by atoms with van der Waals surface area (Å²) in [5.74, 6) is -0.763. The maximum atomic E-state index is 13.1. The van der Waals surface area contributed by atoms with E-state index in [1.54, 1.807) is 13.0 Å². The molecule has 1 atom stereocenters. The van der Waals surface area contributed by atoms with E-state index in [2.05, 4.69) is 5.32 Å². The molecular weight excluding hydrogens is 371 g/mol. The highest BCUT2D eigenvalue weighted by Crippen LogP contribution is 2.21. The second-order valence-electron chi connectivity index (χ2n) is 5.27. The Labute approximate surface area is 149 Å². The Kier molecular flexibility index (Phi) is 5.99. The smallest absolute Gasteiger partial charge is 0.258 e. The van der Waals surface area contributed by atoms with Gasteiger partial charge in [-0.3, -0.25) is 4.79 Å². The number of halogens is 2. The van der Waals surface area contributed by atoms with Gasteiger partial charge in [-0.1, -0.05) is 23.7 Å². The molecule has 2 aromatic rings. The van der Waals surface area contributed by atoms with E-state index in [4.69, 9.17) is 21.5 Å². The fraction of sp³-hybridized carbons (Fsp3) is 0.188. The number of primary sulfonamides is 1. The SMILES string of the molecule is CC(NC(=O)COc1ccc(F)c(Cl)c1)c1cccc(S(N)(=O)=O)c1. The largest absolute Gasteiger partial charge is 0.484 e. The molecule has 1 amide bonds. The number of hydrogen-bond acceptors (Lipinski definition) is 4. The molecule has 6 nitrogen and oxygen atoms in total. The minimum atomic E-state index is -3.82. The molecule has 3 N–H and O–H groups in total. The number of hydrogen-bond donors (Lipinski definition) is 2. The number of nitrogens with one attached hydrogen (secondary N) is 1. The normalized spacial score (nSPS) is 12.5.